The van der Waals surface area contributed by atoms with E-state index in [1.54, 1.807) is 12.4 Å². The van der Waals surface area contributed by atoms with Gasteiger partial charge in [-0.1, -0.05) is 0 Å². The van der Waals surface area contributed by atoms with E-state index in [2.05, 4.69) is 10.3 Å². The molecule has 0 aliphatic carbocycles. The van der Waals surface area contributed by atoms with Crippen LogP contribution in [0, 0.1) is 0 Å². The molecule has 0 aromatic carbocycles. The van der Waals surface area contributed by atoms with Gasteiger partial charge in [0.15, 0.2) is 0 Å². The molecule has 0 amide bonds. The zero-order chi connectivity index (χ0) is 10.7. The van der Waals surface area contributed by atoms with E-state index in [0.29, 0.717) is 6.61 Å². The molecule has 1 fully saturated rings. The summed E-state index contributed by atoms with van der Waals surface area (Å²) in [5.41, 5.74) is 0.210. The normalized spacial score (nSPS) is 24.3. The molecule has 15 heavy (non-hydrogen) atoms. The molecule has 1 atom stereocenters. The van der Waals surface area contributed by atoms with Crippen molar-refractivity contribution in [2.75, 3.05) is 19.8 Å². The second-order valence-electron chi connectivity index (χ2n) is 3.71. The summed E-state index contributed by atoms with van der Waals surface area (Å²) in [6.45, 7) is 0.00313. The minimum atomic E-state index is -0.728. The van der Waals surface area contributed by atoms with Crippen molar-refractivity contribution < 1.29 is 14.9 Å². The third-order valence-electron chi connectivity index (χ3n) is 2.58. The molecule has 1 aromatic heterocycles. The second kappa shape index (κ2) is 4.24. The van der Waals surface area contributed by atoms with E-state index in [4.69, 9.17) is 14.9 Å². The predicted molar refractivity (Wildman–Crippen MR) is 53.0 cm³/mol. The van der Waals surface area contributed by atoms with Crippen molar-refractivity contribution in [2.45, 2.75) is 11.8 Å². The zero-order valence-corrected chi connectivity index (χ0v) is 8.26. The number of hydrogen-bond acceptors (Lipinski definition) is 5. The van der Waals surface area contributed by atoms with E-state index in [0.717, 1.165) is 5.56 Å². The first-order chi connectivity index (χ1) is 7.29. The Kier molecular flexibility index (Phi) is 2.97. The maximum atomic E-state index is 9.17. The molecular formula is C10H14N2O3. The molecule has 0 unspecified atom stereocenters. The van der Waals surface area contributed by atoms with Gasteiger partial charge < -0.3 is 14.9 Å². The number of aliphatic hydroxyl groups is 2. The lowest BCUT2D eigenvalue weighted by molar-refractivity contribution is 0.0760. The standard InChI is InChI=1S/C10H14N2O3/c13-5-10(6-14)7-15-9(12-10)8-1-3-11-4-2-8/h1-4,9,12-14H,5-7H2/t9-/m1/s1. The highest BCUT2D eigenvalue weighted by atomic mass is 16.5. The maximum Gasteiger partial charge on any atom is 0.135 e. The van der Waals surface area contributed by atoms with Crippen molar-refractivity contribution in [1.82, 2.24) is 10.3 Å². The van der Waals surface area contributed by atoms with Crippen LogP contribution in [0.15, 0.2) is 24.5 Å². The van der Waals surface area contributed by atoms with Gasteiger partial charge in [0.25, 0.3) is 0 Å². The van der Waals surface area contributed by atoms with Crippen molar-refractivity contribution in [2.24, 2.45) is 0 Å². The summed E-state index contributed by atoms with van der Waals surface area (Å²) in [6, 6.07) is 3.67. The minimum absolute atomic E-state index is 0.148. The first-order valence-electron chi connectivity index (χ1n) is 4.81. The highest BCUT2D eigenvalue weighted by molar-refractivity contribution is 5.15. The molecule has 0 bridgehead atoms. The highest BCUT2D eigenvalue weighted by Gasteiger charge is 2.39. The van der Waals surface area contributed by atoms with E-state index in [9.17, 15) is 0 Å². The molecule has 1 saturated heterocycles. The van der Waals surface area contributed by atoms with Gasteiger partial charge in [-0.3, -0.25) is 10.3 Å². The average Bonchev–Trinajstić information content (AvgIpc) is 2.75. The van der Waals surface area contributed by atoms with Gasteiger partial charge >= 0.3 is 0 Å². The largest absolute Gasteiger partial charge is 0.394 e. The van der Waals surface area contributed by atoms with Gasteiger partial charge in [0.05, 0.1) is 25.4 Å². The van der Waals surface area contributed by atoms with Gasteiger partial charge in [-0.15, -0.1) is 0 Å². The number of pyridine rings is 1. The van der Waals surface area contributed by atoms with Gasteiger partial charge in [0, 0.05) is 12.4 Å². The van der Waals surface area contributed by atoms with Crippen LogP contribution in [-0.4, -0.2) is 40.6 Å². The Balaban J connectivity index is 2.10. The lowest BCUT2D eigenvalue weighted by atomic mass is 10.0. The smallest absolute Gasteiger partial charge is 0.135 e. The number of nitrogens with zero attached hydrogens (tertiary/aromatic N) is 1. The fraction of sp³-hybridized carbons (Fsp3) is 0.500. The number of aliphatic hydroxyl groups excluding tert-OH is 2. The molecule has 5 heteroatoms. The number of rotatable bonds is 3. The van der Waals surface area contributed by atoms with Crippen molar-refractivity contribution in [3.63, 3.8) is 0 Å². The molecule has 0 radical (unpaired) electrons. The molecule has 0 saturated carbocycles. The number of nitrogens with one attached hydrogen (secondary N) is 1. The van der Waals surface area contributed by atoms with E-state index < -0.39 is 5.54 Å². The number of ether oxygens (including phenoxy) is 1. The summed E-state index contributed by atoms with van der Waals surface area (Å²) in [7, 11) is 0. The number of hydrogen-bond donors (Lipinski definition) is 3. The topological polar surface area (TPSA) is 74.6 Å². The van der Waals surface area contributed by atoms with Gasteiger partial charge in [-0.25, -0.2) is 0 Å². The van der Waals surface area contributed by atoms with Crippen LogP contribution in [0.25, 0.3) is 0 Å². The molecule has 1 aromatic rings. The Labute approximate surface area is 87.7 Å². The molecular weight excluding hydrogens is 196 g/mol. The summed E-state index contributed by atoms with van der Waals surface area (Å²) >= 11 is 0. The van der Waals surface area contributed by atoms with Crippen molar-refractivity contribution in [3.8, 4) is 0 Å². The van der Waals surface area contributed by atoms with Crippen molar-refractivity contribution in [1.29, 1.82) is 0 Å². The van der Waals surface area contributed by atoms with Crippen LogP contribution < -0.4 is 5.32 Å². The molecule has 82 valence electrons. The van der Waals surface area contributed by atoms with E-state index in [1.165, 1.54) is 0 Å². The first kappa shape index (κ1) is 10.5. The third-order valence-corrected chi connectivity index (χ3v) is 2.58. The lowest BCUT2D eigenvalue weighted by Crippen LogP contribution is -2.49. The molecule has 1 aliphatic rings. The fourth-order valence-corrected chi connectivity index (χ4v) is 1.55. The van der Waals surface area contributed by atoms with E-state index in [1.807, 2.05) is 12.1 Å². The monoisotopic (exact) mass is 210 g/mol. The molecule has 2 heterocycles. The van der Waals surface area contributed by atoms with Gasteiger partial charge in [0.2, 0.25) is 0 Å². The third kappa shape index (κ3) is 2.00. The zero-order valence-electron chi connectivity index (χ0n) is 8.26. The molecule has 2 rings (SSSR count). The Bertz CT molecular complexity index is 314. The Morgan fingerprint density at radius 2 is 2.07 bits per heavy atom. The van der Waals surface area contributed by atoms with Crippen LogP contribution in [0.5, 0.6) is 0 Å². The summed E-state index contributed by atoms with van der Waals surface area (Å²) in [6.07, 6.45) is 3.07. The maximum absolute atomic E-state index is 9.17. The summed E-state index contributed by atoms with van der Waals surface area (Å²) in [4.78, 5) is 3.91. The van der Waals surface area contributed by atoms with Crippen LogP contribution >= 0.6 is 0 Å². The second-order valence-corrected chi connectivity index (χ2v) is 3.71. The minimum Gasteiger partial charge on any atom is -0.394 e. The summed E-state index contributed by atoms with van der Waals surface area (Å²) < 4.78 is 5.48. The van der Waals surface area contributed by atoms with Crippen LogP contribution in [-0.2, 0) is 4.74 Å². The van der Waals surface area contributed by atoms with Gasteiger partial charge in [-0.05, 0) is 17.7 Å². The predicted octanol–water partition coefficient (Wildman–Crippen LogP) is -0.577. The first-order valence-corrected chi connectivity index (χ1v) is 4.81. The highest BCUT2D eigenvalue weighted by Crippen LogP contribution is 2.25. The molecule has 0 spiro atoms. The Hall–Kier alpha value is -1.01. The lowest BCUT2D eigenvalue weighted by Gasteiger charge is -2.23. The molecule has 5 nitrogen and oxygen atoms in total. The fourth-order valence-electron chi connectivity index (χ4n) is 1.55. The van der Waals surface area contributed by atoms with Gasteiger partial charge in [-0.2, -0.15) is 0 Å². The van der Waals surface area contributed by atoms with Crippen LogP contribution in [0.2, 0.25) is 0 Å². The average molecular weight is 210 g/mol. The molecule has 1 aliphatic heterocycles. The van der Waals surface area contributed by atoms with Crippen LogP contribution in [0.3, 0.4) is 0 Å². The Morgan fingerprint density at radius 3 is 2.60 bits per heavy atom. The van der Waals surface area contributed by atoms with Crippen molar-refractivity contribution >= 4 is 0 Å². The van der Waals surface area contributed by atoms with E-state index in [-0.39, 0.29) is 19.4 Å². The summed E-state index contributed by atoms with van der Waals surface area (Å²) in [5, 5.41) is 21.4. The van der Waals surface area contributed by atoms with Crippen LogP contribution in [0.4, 0.5) is 0 Å². The number of aromatic nitrogens is 1. The van der Waals surface area contributed by atoms with Gasteiger partial charge in [0.1, 0.15) is 6.23 Å². The molecule has 3 N–H and O–H groups in total. The quantitative estimate of drug-likeness (QED) is 0.622. The summed E-state index contributed by atoms with van der Waals surface area (Å²) in [5.74, 6) is 0. The SMILES string of the molecule is OCC1(CO)CO[C@H](c2ccncc2)N1. The Morgan fingerprint density at radius 1 is 1.40 bits per heavy atom. The van der Waals surface area contributed by atoms with Crippen molar-refractivity contribution in [3.05, 3.63) is 30.1 Å². The van der Waals surface area contributed by atoms with Crippen LogP contribution in [0.1, 0.15) is 11.8 Å². The van der Waals surface area contributed by atoms with E-state index >= 15 is 0 Å².